The number of hydrogen-bond donors (Lipinski definition) is 3. The second-order valence-electron chi connectivity index (χ2n) is 6.20. The molecule has 1 aromatic heterocycles. The minimum absolute atomic E-state index is 0.0673. The Morgan fingerprint density at radius 3 is 2.41 bits per heavy atom. The van der Waals surface area contributed by atoms with Crippen LogP contribution in [0.25, 0.3) is 5.69 Å². The highest BCUT2D eigenvalue weighted by atomic mass is 16.4. The van der Waals surface area contributed by atoms with Crippen LogP contribution in [-0.4, -0.2) is 26.0 Å². The van der Waals surface area contributed by atoms with E-state index in [0.717, 1.165) is 17.2 Å². The number of rotatable bonds is 4. The number of aromatic nitrogens is 2. The van der Waals surface area contributed by atoms with Crippen molar-refractivity contribution in [3.63, 3.8) is 0 Å². The third-order valence-electron chi connectivity index (χ3n) is 4.27. The molecule has 27 heavy (non-hydrogen) atoms. The maximum Gasteiger partial charge on any atom is 0.335 e. The Balaban J connectivity index is 1.98. The lowest BCUT2D eigenvalue weighted by Gasteiger charge is -2.05. The Labute approximate surface area is 154 Å². The van der Waals surface area contributed by atoms with E-state index < -0.39 is 5.97 Å². The number of benzene rings is 2. The summed E-state index contributed by atoms with van der Waals surface area (Å²) >= 11 is 0. The van der Waals surface area contributed by atoms with E-state index in [-0.39, 0.29) is 28.2 Å². The summed E-state index contributed by atoms with van der Waals surface area (Å²) in [7, 11) is 0. The molecular formula is C19H18N4O4. The maximum atomic E-state index is 12.7. The van der Waals surface area contributed by atoms with Gasteiger partial charge in [-0.2, -0.15) is 0 Å². The molecule has 2 aromatic carbocycles. The Bertz CT molecular complexity index is 1130. The SMILES string of the molecule is Cc1ccc(-n2[nH]c(C)c(N=Nc3ccc(C(=O)O)cc3O)c2=O)cc1C. The fourth-order valence-electron chi connectivity index (χ4n) is 2.55. The summed E-state index contributed by atoms with van der Waals surface area (Å²) < 4.78 is 1.38. The number of azo groups is 1. The van der Waals surface area contributed by atoms with Crippen LogP contribution >= 0.6 is 0 Å². The number of aromatic amines is 1. The van der Waals surface area contributed by atoms with Crippen LogP contribution in [-0.2, 0) is 0 Å². The largest absolute Gasteiger partial charge is 0.506 e. The first-order valence-corrected chi connectivity index (χ1v) is 8.15. The molecule has 0 radical (unpaired) electrons. The van der Waals surface area contributed by atoms with Gasteiger partial charge in [0.1, 0.15) is 11.4 Å². The van der Waals surface area contributed by atoms with Crippen molar-refractivity contribution in [3.05, 3.63) is 69.1 Å². The summed E-state index contributed by atoms with van der Waals surface area (Å²) in [5.74, 6) is -1.49. The van der Waals surface area contributed by atoms with Crippen LogP contribution in [0.5, 0.6) is 5.75 Å². The van der Waals surface area contributed by atoms with E-state index in [9.17, 15) is 14.7 Å². The third-order valence-corrected chi connectivity index (χ3v) is 4.27. The Morgan fingerprint density at radius 2 is 1.78 bits per heavy atom. The highest BCUT2D eigenvalue weighted by Gasteiger charge is 2.13. The minimum Gasteiger partial charge on any atom is -0.506 e. The predicted octanol–water partition coefficient (Wildman–Crippen LogP) is 3.91. The van der Waals surface area contributed by atoms with Crippen molar-refractivity contribution >= 4 is 17.3 Å². The van der Waals surface area contributed by atoms with E-state index in [1.54, 1.807) is 6.92 Å². The summed E-state index contributed by atoms with van der Waals surface area (Å²) in [4.78, 5) is 23.6. The fourth-order valence-corrected chi connectivity index (χ4v) is 2.55. The summed E-state index contributed by atoms with van der Waals surface area (Å²) in [5, 5.41) is 29.6. The molecule has 3 N–H and O–H groups in total. The van der Waals surface area contributed by atoms with Gasteiger partial charge in [0.2, 0.25) is 0 Å². The third kappa shape index (κ3) is 3.50. The lowest BCUT2D eigenvalue weighted by Crippen LogP contribution is -2.14. The molecule has 0 atom stereocenters. The van der Waals surface area contributed by atoms with Crippen LogP contribution in [0.3, 0.4) is 0 Å². The molecule has 0 aliphatic heterocycles. The van der Waals surface area contributed by atoms with Gasteiger partial charge in [-0.1, -0.05) is 6.07 Å². The second-order valence-corrected chi connectivity index (χ2v) is 6.20. The monoisotopic (exact) mass is 366 g/mol. The highest BCUT2D eigenvalue weighted by Crippen LogP contribution is 2.29. The van der Waals surface area contributed by atoms with Crippen LogP contribution in [0.15, 0.2) is 51.4 Å². The van der Waals surface area contributed by atoms with Crippen LogP contribution in [0, 0.1) is 20.8 Å². The molecular weight excluding hydrogens is 348 g/mol. The molecule has 0 saturated heterocycles. The van der Waals surface area contributed by atoms with Gasteiger partial charge < -0.3 is 10.2 Å². The molecule has 8 heteroatoms. The first-order chi connectivity index (χ1) is 12.8. The van der Waals surface area contributed by atoms with Crippen molar-refractivity contribution in [1.29, 1.82) is 0 Å². The van der Waals surface area contributed by atoms with E-state index >= 15 is 0 Å². The molecule has 8 nitrogen and oxygen atoms in total. The van der Waals surface area contributed by atoms with E-state index in [0.29, 0.717) is 11.4 Å². The summed E-state index contributed by atoms with van der Waals surface area (Å²) in [6.45, 7) is 5.65. The number of H-pyrrole nitrogens is 1. The van der Waals surface area contributed by atoms with E-state index in [4.69, 9.17) is 5.11 Å². The first-order valence-electron chi connectivity index (χ1n) is 8.15. The molecule has 0 aliphatic carbocycles. The standard InChI is InChI=1S/C19H18N4O4/c1-10-4-6-14(8-11(10)2)23-18(25)17(12(3)22-23)21-20-15-7-5-13(19(26)27)9-16(15)24/h4-9,22,24H,1-3H3,(H,26,27). The van der Waals surface area contributed by atoms with Crippen molar-refractivity contribution in [1.82, 2.24) is 9.78 Å². The number of aromatic carboxylic acids is 1. The first kappa shape index (κ1) is 18.1. The number of nitrogens with zero attached hydrogens (tertiary/aromatic N) is 3. The average Bonchev–Trinajstić information content (AvgIpc) is 2.90. The number of carbonyl (C=O) groups is 1. The number of aryl methyl sites for hydroxylation is 3. The van der Waals surface area contributed by atoms with Crippen molar-refractivity contribution in [2.45, 2.75) is 20.8 Å². The number of phenolic OH excluding ortho intramolecular Hbond substituents is 1. The summed E-state index contributed by atoms with van der Waals surface area (Å²) in [6, 6.07) is 9.35. The topological polar surface area (TPSA) is 120 Å². The van der Waals surface area contributed by atoms with Crippen molar-refractivity contribution < 1.29 is 15.0 Å². The van der Waals surface area contributed by atoms with Crippen LogP contribution in [0.4, 0.5) is 11.4 Å². The number of aromatic hydroxyl groups is 1. The number of phenols is 1. The van der Waals surface area contributed by atoms with Gasteiger partial charge in [-0.3, -0.25) is 9.89 Å². The molecule has 0 saturated carbocycles. The van der Waals surface area contributed by atoms with Gasteiger partial charge in [-0.15, -0.1) is 10.2 Å². The molecule has 0 spiro atoms. The van der Waals surface area contributed by atoms with Crippen molar-refractivity contribution in [3.8, 4) is 11.4 Å². The van der Waals surface area contributed by atoms with Crippen LogP contribution < -0.4 is 5.56 Å². The van der Waals surface area contributed by atoms with Gasteiger partial charge in [0.15, 0.2) is 5.69 Å². The van der Waals surface area contributed by atoms with Gasteiger partial charge in [0, 0.05) is 0 Å². The molecule has 0 amide bonds. The van der Waals surface area contributed by atoms with Gasteiger partial charge in [0.25, 0.3) is 5.56 Å². The van der Waals surface area contributed by atoms with Gasteiger partial charge in [-0.25, -0.2) is 9.48 Å². The molecule has 1 heterocycles. The zero-order valence-electron chi connectivity index (χ0n) is 15.0. The molecule has 138 valence electrons. The Hall–Kier alpha value is -3.68. The predicted molar refractivity (Wildman–Crippen MR) is 99.8 cm³/mol. The average molecular weight is 366 g/mol. The molecule has 3 aromatic rings. The molecule has 3 rings (SSSR count). The van der Waals surface area contributed by atoms with Gasteiger partial charge in [-0.05, 0) is 62.2 Å². The van der Waals surface area contributed by atoms with E-state index in [1.807, 2.05) is 32.0 Å². The van der Waals surface area contributed by atoms with E-state index in [1.165, 1.54) is 16.8 Å². The molecule has 0 bridgehead atoms. The van der Waals surface area contributed by atoms with Crippen molar-refractivity contribution in [2.75, 3.05) is 0 Å². The number of nitrogens with one attached hydrogen (secondary N) is 1. The summed E-state index contributed by atoms with van der Waals surface area (Å²) in [6.07, 6.45) is 0. The van der Waals surface area contributed by atoms with Gasteiger partial charge >= 0.3 is 5.97 Å². The Morgan fingerprint density at radius 1 is 1.04 bits per heavy atom. The molecule has 0 fully saturated rings. The zero-order valence-corrected chi connectivity index (χ0v) is 15.0. The Kier molecular flexibility index (Phi) is 4.64. The summed E-state index contributed by atoms with van der Waals surface area (Å²) in [5.41, 5.74) is 3.11. The van der Waals surface area contributed by atoms with Gasteiger partial charge in [0.05, 0.1) is 16.9 Å². The lowest BCUT2D eigenvalue weighted by atomic mass is 10.1. The normalized spacial score (nSPS) is 11.2. The van der Waals surface area contributed by atoms with Crippen LogP contribution in [0.2, 0.25) is 0 Å². The lowest BCUT2D eigenvalue weighted by molar-refractivity contribution is 0.0696. The van der Waals surface area contributed by atoms with Crippen molar-refractivity contribution in [2.24, 2.45) is 10.2 Å². The minimum atomic E-state index is -1.16. The van der Waals surface area contributed by atoms with Crippen LogP contribution in [0.1, 0.15) is 27.2 Å². The second kappa shape index (κ2) is 6.91. The number of hydrogen-bond acceptors (Lipinski definition) is 5. The smallest absolute Gasteiger partial charge is 0.335 e. The maximum absolute atomic E-state index is 12.7. The number of carboxylic acids is 1. The fraction of sp³-hybridized carbons (Fsp3) is 0.158. The number of carboxylic acid groups (broad SMARTS) is 1. The molecule has 0 aliphatic rings. The van der Waals surface area contributed by atoms with E-state index in [2.05, 4.69) is 15.3 Å². The zero-order chi connectivity index (χ0) is 19.7. The quantitative estimate of drug-likeness (QED) is 0.606. The molecule has 0 unspecified atom stereocenters. The highest BCUT2D eigenvalue weighted by molar-refractivity contribution is 5.88.